The molecule has 22 heavy (non-hydrogen) atoms. The first-order chi connectivity index (χ1) is 10.7. The van der Waals surface area contributed by atoms with E-state index in [1.165, 1.54) is 4.88 Å². The predicted molar refractivity (Wildman–Crippen MR) is 88.1 cm³/mol. The van der Waals surface area contributed by atoms with Crippen LogP contribution in [0.3, 0.4) is 0 Å². The van der Waals surface area contributed by atoms with Crippen LogP contribution in [0.5, 0.6) is 0 Å². The van der Waals surface area contributed by atoms with Gasteiger partial charge in [-0.3, -0.25) is 4.79 Å². The number of nitrogens with zero attached hydrogens (tertiary/aromatic N) is 3. The van der Waals surface area contributed by atoms with Crippen molar-refractivity contribution in [1.29, 1.82) is 0 Å². The van der Waals surface area contributed by atoms with Crippen molar-refractivity contribution in [3.8, 4) is 5.69 Å². The van der Waals surface area contributed by atoms with Crippen molar-refractivity contribution in [3.05, 3.63) is 70.7 Å². The lowest BCUT2D eigenvalue weighted by atomic mass is 10.2. The third kappa shape index (κ3) is 3.43. The minimum absolute atomic E-state index is 0.0982. The standard InChI is InChI=1S/C17H17N3OS/c1-19(13-16-8-5-9-22-16)17(21)10-14-11-18-20(12-14)15-6-3-2-4-7-15/h2-9,11-12H,10,13H2,1H3. The summed E-state index contributed by atoms with van der Waals surface area (Å²) in [5.41, 5.74) is 1.92. The van der Waals surface area contributed by atoms with Gasteiger partial charge in [0.2, 0.25) is 5.91 Å². The van der Waals surface area contributed by atoms with Gasteiger partial charge in [-0.2, -0.15) is 5.10 Å². The number of benzene rings is 1. The Balaban J connectivity index is 1.63. The molecule has 0 unspecified atom stereocenters. The maximum atomic E-state index is 12.3. The fraction of sp³-hybridized carbons (Fsp3) is 0.176. The molecule has 2 aromatic heterocycles. The zero-order valence-electron chi connectivity index (χ0n) is 12.3. The molecule has 3 aromatic rings. The lowest BCUT2D eigenvalue weighted by Crippen LogP contribution is -2.27. The highest BCUT2D eigenvalue weighted by Crippen LogP contribution is 2.13. The van der Waals surface area contributed by atoms with Crippen LogP contribution in [-0.2, 0) is 17.8 Å². The van der Waals surface area contributed by atoms with E-state index >= 15 is 0 Å². The van der Waals surface area contributed by atoms with Gasteiger partial charge in [-0.15, -0.1) is 11.3 Å². The number of carbonyl (C=O) groups excluding carboxylic acids is 1. The van der Waals surface area contributed by atoms with Gasteiger partial charge in [0.25, 0.3) is 0 Å². The van der Waals surface area contributed by atoms with Crippen molar-refractivity contribution in [2.45, 2.75) is 13.0 Å². The Morgan fingerprint density at radius 3 is 2.77 bits per heavy atom. The van der Waals surface area contributed by atoms with Crippen LogP contribution < -0.4 is 0 Å². The smallest absolute Gasteiger partial charge is 0.227 e. The lowest BCUT2D eigenvalue weighted by molar-refractivity contribution is -0.129. The summed E-state index contributed by atoms with van der Waals surface area (Å²) in [5, 5.41) is 6.35. The van der Waals surface area contributed by atoms with Crippen molar-refractivity contribution >= 4 is 17.2 Å². The SMILES string of the molecule is CN(Cc1cccs1)C(=O)Cc1cnn(-c2ccccc2)c1. The number of rotatable bonds is 5. The number of hydrogen-bond donors (Lipinski definition) is 0. The van der Waals surface area contributed by atoms with E-state index in [9.17, 15) is 4.79 Å². The molecule has 4 nitrogen and oxygen atoms in total. The summed E-state index contributed by atoms with van der Waals surface area (Å²) >= 11 is 1.67. The van der Waals surface area contributed by atoms with Gasteiger partial charge in [0, 0.05) is 18.1 Å². The van der Waals surface area contributed by atoms with Gasteiger partial charge in [-0.1, -0.05) is 24.3 Å². The molecular formula is C17H17N3OS. The van der Waals surface area contributed by atoms with Gasteiger partial charge < -0.3 is 4.90 Å². The average Bonchev–Trinajstić information content (AvgIpc) is 3.20. The van der Waals surface area contributed by atoms with Crippen LogP contribution in [0, 0.1) is 0 Å². The van der Waals surface area contributed by atoms with Gasteiger partial charge in [0.1, 0.15) is 0 Å². The highest BCUT2D eigenvalue weighted by atomic mass is 32.1. The fourth-order valence-corrected chi connectivity index (χ4v) is 2.96. The van der Waals surface area contributed by atoms with Crippen LogP contribution in [0.15, 0.2) is 60.2 Å². The number of para-hydroxylation sites is 1. The van der Waals surface area contributed by atoms with E-state index in [1.54, 1.807) is 27.1 Å². The van der Waals surface area contributed by atoms with E-state index in [1.807, 2.05) is 61.1 Å². The van der Waals surface area contributed by atoms with Crippen LogP contribution in [0.2, 0.25) is 0 Å². The second-order valence-electron chi connectivity index (χ2n) is 5.13. The molecule has 0 saturated heterocycles. The number of likely N-dealkylation sites (N-methyl/N-ethyl adjacent to an activating group) is 1. The summed E-state index contributed by atoms with van der Waals surface area (Å²) in [6.45, 7) is 0.656. The monoisotopic (exact) mass is 311 g/mol. The summed E-state index contributed by atoms with van der Waals surface area (Å²) in [7, 11) is 1.84. The maximum Gasteiger partial charge on any atom is 0.227 e. The Kier molecular flexibility index (Phi) is 4.34. The minimum atomic E-state index is 0.0982. The van der Waals surface area contributed by atoms with Gasteiger partial charge in [-0.25, -0.2) is 4.68 Å². The van der Waals surface area contributed by atoms with Crippen LogP contribution in [0.4, 0.5) is 0 Å². The molecule has 3 rings (SSSR count). The second-order valence-corrected chi connectivity index (χ2v) is 6.17. The van der Waals surface area contributed by atoms with E-state index < -0.39 is 0 Å². The Morgan fingerprint density at radius 2 is 2.05 bits per heavy atom. The zero-order valence-corrected chi connectivity index (χ0v) is 13.2. The lowest BCUT2D eigenvalue weighted by Gasteiger charge is -2.15. The molecule has 0 N–H and O–H groups in total. The van der Waals surface area contributed by atoms with Gasteiger partial charge in [-0.05, 0) is 29.1 Å². The summed E-state index contributed by atoms with van der Waals surface area (Å²) in [5.74, 6) is 0.0982. The Hall–Kier alpha value is -2.40. The normalized spacial score (nSPS) is 10.6. The van der Waals surface area contributed by atoms with Gasteiger partial charge >= 0.3 is 0 Å². The van der Waals surface area contributed by atoms with Crippen LogP contribution in [0.1, 0.15) is 10.4 Å². The Bertz CT molecular complexity index is 734. The maximum absolute atomic E-state index is 12.3. The highest BCUT2D eigenvalue weighted by Gasteiger charge is 2.12. The molecular weight excluding hydrogens is 294 g/mol. The number of hydrogen-bond acceptors (Lipinski definition) is 3. The topological polar surface area (TPSA) is 38.1 Å². The third-order valence-electron chi connectivity index (χ3n) is 3.41. The van der Waals surface area contributed by atoms with E-state index in [0.29, 0.717) is 13.0 Å². The molecule has 0 saturated carbocycles. The fourth-order valence-electron chi connectivity index (χ4n) is 2.21. The largest absolute Gasteiger partial charge is 0.340 e. The number of carbonyl (C=O) groups is 1. The molecule has 1 amide bonds. The molecule has 0 aliphatic carbocycles. The average molecular weight is 311 g/mol. The van der Waals surface area contributed by atoms with E-state index in [4.69, 9.17) is 0 Å². The molecule has 0 aliphatic rings. The summed E-state index contributed by atoms with van der Waals surface area (Å²) < 4.78 is 1.79. The summed E-state index contributed by atoms with van der Waals surface area (Å²) in [4.78, 5) is 15.2. The van der Waals surface area contributed by atoms with Crippen molar-refractivity contribution in [2.75, 3.05) is 7.05 Å². The number of thiophene rings is 1. The van der Waals surface area contributed by atoms with Crippen molar-refractivity contribution in [2.24, 2.45) is 0 Å². The molecule has 0 fully saturated rings. The van der Waals surface area contributed by atoms with Crippen LogP contribution in [0.25, 0.3) is 5.69 Å². The minimum Gasteiger partial charge on any atom is -0.340 e. The van der Waals surface area contributed by atoms with Crippen molar-refractivity contribution in [1.82, 2.24) is 14.7 Å². The van der Waals surface area contributed by atoms with Crippen molar-refractivity contribution in [3.63, 3.8) is 0 Å². The molecule has 0 radical (unpaired) electrons. The first-order valence-electron chi connectivity index (χ1n) is 7.08. The van der Waals surface area contributed by atoms with E-state index in [2.05, 4.69) is 5.10 Å². The molecule has 1 aromatic carbocycles. The molecule has 0 atom stereocenters. The summed E-state index contributed by atoms with van der Waals surface area (Å²) in [6.07, 6.45) is 4.03. The molecule has 0 aliphatic heterocycles. The third-order valence-corrected chi connectivity index (χ3v) is 4.27. The Labute approximate surface area is 133 Å². The van der Waals surface area contributed by atoms with Crippen LogP contribution >= 0.6 is 11.3 Å². The first kappa shape index (κ1) is 14.5. The molecule has 5 heteroatoms. The number of amides is 1. The number of aromatic nitrogens is 2. The molecule has 112 valence electrons. The van der Waals surface area contributed by atoms with E-state index in [-0.39, 0.29) is 5.91 Å². The van der Waals surface area contributed by atoms with Crippen LogP contribution in [-0.4, -0.2) is 27.6 Å². The first-order valence-corrected chi connectivity index (χ1v) is 7.95. The predicted octanol–water partition coefficient (Wildman–Crippen LogP) is 3.13. The quantitative estimate of drug-likeness (QED) is 0.726. The molecule has 2 heterocycles. The Morgan fingerprint density at radius 1 is 1.23 bits per heavy atom. The molecule has 0 bridgehead atoms. The van der Waals surface area contributed by atoms with Crippen molar-refractivity contribution < 1.29 is 4.79 Å². The van der Waals surface area contributed by atoms with E-state index in [0.717, 1.165) is 11.3 Å². The highest BCUT2D eigenvalue weighted by molar-refractivity contribution is 7.09. The van der Waals surface area contributed by atoms with Gasteiger partial charge in [0.15, 0.2) is 0 Å². The zero-order chi connectivity index (χ0) is 15.4. The second kappa shape index (κ2) is 6.58. The molecule has 0 spiro atoms. The summed E-state index contributed by atoms with van der Waals surface area (Å²) in [6, 6.07) is 13.9. The van der Waals surface area contributed by atoms with Gasteiger partial charge in [0.05, 0.1) is 24.8 Å².